The first kappa shape index (κ1) is 16.7. The first-order valence-electron chi connectivity index (χ1n) is 8.82. The van der Waals surface area contributed by atoms with Gasteiger partial charge in [0, 0.05) is 31.0 Å². The maximum absolute atomic E-state index is 14.2. The molecule has 1 aromatic carbocycles. The third-order valence-electron chi connectivity index (χ3n) is 5.60. The van der Waals surface area contributed by atoms with Crippen LogP contribution < -0.4 is 14.9 Å². The molecule has 0 aromatic heterocycles. The molecule has 2 N–H and O–H groups in total. The molecule has 2 saturated heterocycles. The Morgan fingerprint density at radius 1 is 1.19 bits per heavy atom. The van der Waals surface area contributed by atoms with Gasteiger partial charge in [0.25, 0.3) is 0 Å². The molecule has 4 nitrogen and oxygen atoms in total. The molecule has 3 heterocycles. The Balaban J connectivity index is 1.64. The van der Waals surface area contributed by atoms with Crippen LogP contribution in [-0.4, -0.2) is 37.2 Å². The minimum atomic E-state index is -4.37. The van der Waals surface area contributed by atoms with Crippen LogP contribution in [0.1, 0.15) is 19.3 Å². The van der Waals surface area contributed by atoms with Crippen molar-refractivity contribution in [3.05, 3.63) is 17.9 Å². The molecule has 140 valence electrons. The van der Waals surface area contributed by atoms with Gasteiger partial charge in [-0.05, 0) is 43.3 Å². The summed E-state index contributed by atoms with van der Waals surface area (Å²) in [5.41, 5.74) is 0.740. The smallest absolute Gasteiger partial charge is 0.353 e. The van der Waals surface area contributed by atoms with Gasteiger partial charge < -0.3 is 14.9 Å². The molecule has 1 aromatic rings. The zero-order chi connectivity index (χ0) is 18.1. The van der Waals surface area contributed by atoms with Crippen molar-refractivity contribution in [3.8, 4) is 0 Å². The molecule has 1 saturated carbocycles. The lowest BCUT2D eigenvalue weighted by molar-refractivity contribution is -0.154. The maximum Gasteiger partial charge on any atom is 0.409 e. The Kier molecular flexibility index (Phi) is 3.69. The standard InChI is InChI=1S/C17H18F4N4S/c18-10-4-12(14-13(5-10)26-24-16(23-14)8-1-2-8)25-11-3-9(6-22-7-11)15(25)17(19,20)21/h4-5,8-9,11,15,22H,1-3,6-7H2,(H,23,24)/t9-,11+,15+/m1/s1. The molecule has 9 heteroatoms. The molecule has 2 bridgehead atoms. The third-order valence-corrected chi connectivity index (χ3v) is 6.44. The number of nitrogens with one attached hydrogen (secondary N) is 2. The summed E-state index contributed by atoms with van der Waals surface area (Å²) in [5, 5.41) is 3.09. The highest BCUT2D eigenvalue weighted by Crippen LogP contribution is 2.50. The zero-order valence-corrected chi connectivity index (χ0v) is 14.6. The number of nitrogens with zero attached hydrogens (tertiary/aromatic N) is 2. The summed E-state index contributed by atoms with van der Waals surface area (Å²) in [5.74, 6) is 0.0769. The second-order valence-corrected chi connectivity index (χ2v) is 8.30. The summed E-state index contributed by atoms with van der Waals surface area (Å²) in [6, 6.07) is 0.656. The van der Waals surface area contributed by atoms with Gasteiger partial charge in [0.1, 0.15) is 23.4 Å². The van der Waals surface area contributed by atoms with E-state index in [1.54, 1.807) is 0 Å². The van der Waals surface area contributed by atoms with Crippen LogP contribution in [0, 0.1) is 17.7 Å². The lowest BCUT2D eigenvalue weighted by Crippen LogP contribution is -2.47. The first-order valence-corrected chi connectivity index (χ1v) is 9.64. The fourth-order valence-electron chi connectivity index (χ4n) is 4.36. The van der Waals surface area contributed by atoms with Crippen molar-refractivity contribution >= 4 is 29.2 Å². The van der Waals surface area contributed by atoms with E-state index in [-0.39, 0.29) is 11.7 Å². The Morgan fingerprint density at radius 2 is 2.00 bits per heavy atom. The lowest BCUT2D eigenvalue weighted by Gasteiger charge is -2.35. The molecule has 0 amide bonds. The molecular formula is C17H18F4N4S. The molecular weight excluding hydrogens is 368 g/mol. The molecule has 0 radical (unpaired) electrons. The van der Waals surface area contributed by atoms with Crippen LogP contribution >= 0.6 is 11.9 Å². The van der Waals surface area contributed by atoms with E-state index >= 15 is 0 Å². The number of fused-ring (bicyclic) bond motifs is 3. The van der Waals surface area contributed by atoms with E-state index < -0.39 is 24.0 Å². The highest BCUT2D eigenvalue weighted by Gasteiger charge is 2.56. The molecule has 0 unspecified atom stereocenters. The van der Waals surface area contributed by atoms with Crippen molar-refractivity contribution in [3.63, 3.8) is 0 Å². The van der Waals surface area contributed by atoms with Crippen molar-refractivity contribution < 1.29 is 17.6 Å². The number of amidine groups is 1. The summed E-state index contributed by atoms with van der Waals surface area (Å²) < 4.78 is 58.9. The molecule has 3 aliphatic heterocycles. The largest absolute Gasteiger partial charge is 0.409 e. The van der Waals surface area contributed by atoms with E-state index in [4.69, 9.17) is 0 Å². The topological polar surface area (TPSA) is 39.7 Å². The molecule has 1 aliphatic carbocycles. The fraction of sp³-hybridized carbons (Fsp3) is 0.588. The number of rotatable bonds is 2. The van der Waals surface area contributed by atoms with Crippen molar-refractivity contribution in [2.45, 2.75) is 42.4 Å². The van der Waals surface area contributed by atoms with E-state index in [0.717, 1.165) is 18.7 Å². The van der Waals surface area contributed by atoms with Gasteiger partial charge in [0.2, 0.25) is 0 Å². The lowest BCUT2D eigenvalue weighted by atomic mass is 9.96. The molecule has 3 atom stereocenters. The van der Waals surface area contributed by atoms with Crippen LogP contribution in [-0.2, 0) is 0 Å². The van der Waals surface area contributed by atoms with E-state index in [0.29, 0.717) is 36.0 Å². The SMILES string of the molecule is Fc1cc2c(c(N3[C@@H]4CNC[C@@H](C4)[C@H]3C(F)(F)F)c1)N=C(C1CC1)NS2. The van der Waals surface area contributed by atoms with Gasteiger partial charge in [0.05, 0.1) is 10.6 Å². The van der Waals surface area contributed by atoms with Crippen molar-refractivity contribution in [2.75, 3.05) is 18.0 Å². The van der Waals surface area contributed by atoms with Gasteiger partial charge in [-0.15, -0.1) is 0 Å². The third kappa shape index (κ3) is 2.67. The highest BCUT2D eigenvalue weighted by molar-refractivity contribution is 7.98. The number of alkyl halides is 3. The molecule has 3 fully saturated rings. The number of aliphatic imine (C=N–C) groups is 1. The van der Waals surface area contributed by atoms with Crippen LogP contribution in [0.2, 0.25) is 0 Å². The summed E-state index contributed by atoms with van der Waals surface area (Å²) in [6.45, 7) is 0.806. The van der Waals surface area contributed by atoms with Crippen LogP contribution in [0.3, 0.4) is 0 Å². The van der Waals surface area contributed by atoms with Gasteiger partial charge in [-0.1, -0.05) is 0 Å². The Hall–Kier alpha value is -1.48. The molecule has 4 aliphatic rings. The monoisotopic (exact) mass is 386 g/mol. The molecule has 26 heavy (non-hydrogen) atoms. The minimum Gasteiger partial charge on any atom is -0.353 e. The van der Waals surface area contributed by atoms with Crippen LogP contribution in [0.4, 0.5) is 28.9 Å². The van der Waals surface area contributed by atoms with Gasteiger partial charge in [-0.25, -0.2) is 9.38 Å². The predicted molar refractivity (Wildman–Crippen MR) is 92.3 cm³/mol. The highest BCUT2D eigenvalue weighted by atomic mass is 32.2. The van der Waals surface area contributed by atoms with Gasteiger partial charge in [-0.3, -0.25) is 0 Å². The summed E-state index contributed by atoms with van der Waals surface area (Å²) >= 11 is 1.24. The Morgan fingerprint density at radius 3 is 2.73 bits per heavy atom. The quantitative estimate of drug-likeness (QED) is 0.602. The van der Waals surface area contributed by atoms with Crippen molar-refractivity contribution in [1.29, 1.82) is 0 Å². The molecule has 0 spiro atoms. The summed E-state index contributed by atoms with van der Waals surface area (Å²) in [7, 11) is 0. The van der Waals surface area contributed by atoms with E-state index in [1.165, 1.54) is 29.0 Å². The first-order chi connectivity index (χ1) is 12.4. The van der Waals surface area contributed by atoms with Crippen LogP contribution in [0.15, 0.2) is 22.0 Å². The normalized spacial score (nSPS) is 30.7. The number of hydrogen-bond donors (Lipinski definition) is 2. The van der Waals surface area contributed by atoms with Crippen LogP contribution in [0.5, 0.6) is 0 Å². The van der Waals surface area contributed by atoms with Crippen molar-refractivity contribution in [1.82, 2.24) is 10.0 Å². The molecule has 5 rings (SSSR count). The second-order valence-electron chi connectivity index (χ2n) is 7.45. The number of hydrogen-bond acceptors (Lipinski definition) is 5. The number of halogens is 4. The fourth-order valence-corrected chi connectivity index (χ4v) is 5.20. The average Bonchev–Trinajstić information content (AvgIpc) is 3.39. The zero-order valence-electron chi connectivity index (χ0n) is 13.8. The van der Waals surface area contributed by atoms with E-state index in [9.17, 15) is 17.6 Å². The Labute approximate surface area is 152 Å². The van der Waals surface area contributed by atoms with Gasteiger partial charge in [0.15, 0.2) is 0 Å². The minimum absolute atomic E-state index is 0.269. The van der Waals surface area contributed by atoms with E-state index in [2.05, 4.69) is 15.0 Å². The Bertz CT molecular complexity index is 777. The maximum atomic E-state index is 14.2. The average molecular weight is 386 g/mol. The number of anilines is 1. The van der Waals surface area contributed by atoms with Crippen molar-refractivity contribution in [2.24, 2.45) is 16.8 Å². The summed E-state index contributed by atoms with van der Waals surface area (Å²) in [4.78, 5) is 6.54. The van der Waals surface area contributed by atoms with Gasteiger partial charge >= 0.3 is 6.18 Å². The second kappa shape index (κ2) is 5.76. The van der Waals surface area contributed by atoms with Crippen LogP contribution in [0.25, 0.3) is 0 Å². The predicted octanol–water partition coefficient (Wildman–Crippen LogP) is 3.61. The number of benzene rings is 1. The number of piperidine rings is 1. The van der Waals surface area contributed by atoms with E-state index in [1.807, 2.05) is 0 Å². The van der Waals surface area contributed by atoms with Gasteiger partial charge in [-0.2, -0.15) is 13.2 Å². The summed E-state index contributed by atoms with van der Waals surface area (Å²) in [6.07, 6.45) is -1.84.